The van der Waals surface area contributed by atoms with Crippen LogP contribution in [0, 0.1) is 5.82 Å². The van der Waals surface area contributed by atoms with E-state index in [2.05, 4.69) is 10.00 Å². The molecular formula is C19H22Cl2FN5O. The van der Waals surface area contributed by atoms with Crippen molar-refractivity contribution >= 4 is 35.3 Å². The van der Waals surface area contributed by atoms with E-state index in [4.69, 9.17) is 17.3 Å². The molecule has 0 saturated carbocycles. The van der Waals surface area contributed by atoms with Crippen LogP contribution in [0.2, 0.25) is 5.02 Å². The van der Waals surface area contributed by atoms with Crippen LogP contribution >= 0.6 is 24.0 Å². The number of anilines is 1. The quantitative estimate of drug-likeness (QED) is 0.697. The average molecular weight is 426 g/mol. The van der Waals surface area contributed by atoms with E-state index in [-0.39, 0.29) is 29.8 Å². The van der Waals surface area contributed by atoms with Crippen molar-refractivity contribution in [2.45, 2.75) is 25.3 Å². The summed E-state index contributed by atoms with van der Waals surface area (Å²) in [4.78, 5) is 15.0. The molecule has 1 unspecified atom stereocenters. The maximum atomic E-state index is 13.8. The molecule has 1 fully saturated rings. The van der Waals surface area contributed by atoms with Gasteiger partial charge in [0, 0.05) is 55.6 Å². The second-order valence-corrected chi connectivity index (χ2v) is 7.35. The van der Waals surface area contributed by atoms with Gasteiger partial charge in [0.05, 0.1) is 0 Å². The first-order valence-corrected chi connectivity index (χ1v) is 9.35. The summed E-state index contributed by atoms with van der Waals surface area (Å²) in [7, 11) is 1.70. The van der Waals surface area contributed by atoms with E-state index in [9.17, 15) is 9.18 Å². The molecule has 28 heavy (non-hydrogen) atoms. The number of aromatic nitrogens is 3. The molecule has 6 nitrogen and oxygen atoms in total. The van der Waals surface area contributed by atoms with Crippen molar-refractivity contribution in [2.24, 2.45) is 12.8 Å². The molecule has 3 aromatic rings. The Kier molecular flexibility index (Phi) is 5.98. The van der Waals surface area contributed by atoms with Crippen LogP contribution in [0.15, 0.2) is 35.4 Å². The van der Waals surface area contributed by atoms with Gasteiger partial charge in [0.1, 0.15) is 11.3 Å². The van der Waals surface area contributed by atoms with E-state index in [1.54, 1.807) is 24.0 Å². The second kappa shape index (κ2) is 8.11. The molecule has 4 rings (SSSR count). The molecule has 2 N–H and O–H groups in total. The molecule has 1 aliphatic rings. The molecule has 0 bridgehead atoms. The molecule has 0 aliphatic carbocycles. The highest BCUT2D eigenvalue weighted by Crippen LogP contribution is 2.32. The SMILES string of the molecule is Cl.Cn1ccn2nc(N3CCCC3CN)c(Cc3cc(F)ccc3Cl)c2c1=O. The van der Waals surface area contributed by atoms with E-state index in [0.717, 1.165) is 30.8 Å². The van der Waals surface area contributed by atoms with E-state index in [0.29, 0.717) is 29.1 Å². The van der Waals surface area contributed by atoms with Gasteiger partial charge in [0.25, 0.3) is 5.56 Å². The third-order valence-corrected chi connectivity index (χ3v) is 5.61. The highest BCUT2D eigenvalue weighted by Gasteiger charge is 2.29. The maximum absolute atomic E-state index is 13.8. The lowest BCUT2D eigenvalue weighted by atomic mass is 10.0. The minimum atomic E-state index is -0.360. The normalized spacial score (nSPS) is 16.6. The number of rotatable bonds is 4. The number of halogens is 3. The van der Waals surface area contributed by atoms with Crippen LogP contribution in [0.4, 0.5) is 10.2 Å². The highest BCUT2D eigenvalue weighted by atomic mass is 35.5. The fraction of sp³-hybridized carbons (Fsp3) is 0.368. The number of aryl methyl sites for hydroxylation is 1. The van der Waals surface area contributed by atoms with Gasteiger partial charge in [-0.3, -0.25) is 4.79 Å². The lowest BCUT2D eigenvalue weighted by Gasteiger charge is -2.24. The van der Waals surface area contributed by atoms with Gasteiger partial charge in [0.15, 0.2) is 5.82 Å². The zero-order chi connectivity index (χ0) is 19.1. The van der Waals surface area contributed by atoms with Crippen LogP contribution in [-0.4, -0.2) is 33.3 Å². The lowest BCUT2D eigenvalue weighted by molar-refractivity contribution is 0.626. The third-order valence-electron chi connectivity index (χ3n) is 5.24. The molecule has 0 spiro atoms. The molecule has 2 aromatic heterocycles. The summed E-state index contributed by atoms with van der Waals surface area (Å²) in [5.74, 6) is 0.368. The lowest BCUT2D eigenvalue weighted by Crippen LogP contribution is -2.36. The number of hydrogen-bond acceptors (Lipinski definition) is 4. The zero-order valence-corrected chi connectivity index (χ0v) is 17.0. The van der Waals surface area contributed by atoms with Gasteiger partial charge in [-0.1, -0.05) is 11.6 Å². The van der Waals surface area contributed by atoms with Crippen LogP contribution in [0.1, 0.15) is 24.0 Å². The first-order valence-electron chi connectivity index (χ1n) is 8.97. The fourth-order valence-electron chi connectivity index (χ4n) is 3.81. The second-order valence-electron chi connectivity index (χ2n) is 6.95. The molecule has 1 aromatic carbocycles. The molecule has 1 aliphatic heterocycles. The van der Waals surface area contributed by atoms with Crippen molar-refractivity contribution in [1.29, 1.82) is 0 Å². The van der Waals surface area contributed by atoms with Crippen LogP contribution in [0.3, 0.4) is 0 Å². The van der Waals surface area contributed by atoms with Crippen LogP contribution in [0.25, 0.3) is 5.52 Å². The Morgan fingerprint density at radius 1 is 1.36 bits per heavy atom. The Balaban J connectivity index is 0.00000225. The summed E-state index contributed by atoms with van der Waals surface area (Å²) in [5, 5.41) is 5.14. The molecule has 0 amide bonds. The fourth-order valence-corrected chi connectivity index (χ4v) is 4.00. The number of hydrogen-bond donors (Lipinski definition) is 1. The predicted octanol–water partition coefficient (Wildman–Crippen LogP) is 2.77. The highest BCUT2D eigenvalue weighted by molar-refractivity contribution is 6.31. The van der Waals surface area contributed by atoms with Gasteiger partial charge < -0.3 is 15.2 Å². The molecular weight excluding hydrogens is 404 g/mol. The molecule has 150 valence electrons. The molecule has 0 radical (unpaired) electrons. The van der Waals surface area contributed by atoms with Crippen LogP contribution < -0.4 is 16.2 Å². The van der Waals surface area contributed by atoms with E-state index in [1.807, 2.05) is 0 Å². The van der Waals surface area contributed by atoms with Crippen molar-refractivity contribution in [3.63, 3.8) is 0 Å². The minimum Gasteiger partial charge on any atom is -0.351 e. The summed E-state index contributed by atoms with van der Waals surface area (Å²) < 4.78 is 16.9. The van der Waals surface area contributed by atoms with Crippen LogP contribution in [-0.2, 0) is 13.5 Å². The smallest absolute Gasteiger partial charge is 0.276 e. The van der Waals surface area contributed by atoms with Crippen LogP contribution in [0.5, 0.6) is 0 Å². The number of benzene rings is 1. The van der Waals surface area contributed by atoms with Crippen molar-refractivity contribution in [1.82, 2.24) is 14.2 Å². The van der Waals surface area contributed by atoms with Gasteiger partial charge in [0.2, 0.25) is 0 Å². The Hall–Kier alpha value is -2.09. The monoisotopic (exact) mass is 425 g/mol. The summed E-state index contributed by atoms with van der Waals surface area (Å²) >= 11 is 6.29. The van der Waals surface area contributed by atoms with E-state index in [1.165, 1.54) is 22.8 Å². The molecule has 3 heterocycles. The summed E-state index contributed by atoms with van der Waals surface area (Å²) in [5.41, 5.74) is 7.66. The first kappa shape index (κ1) is 20.6. The van der Waals surface area contributed by atoms with E-state index >= 15 is 0 Å². The number of fused-ring (bicyclic) bond motifs is 1. The Morgan fingerprint density at radius 3 is 2.89 bits per heavy atom. The van der Waals surface area contributed by atoms with Crippen molar-refractivity contribution < 1.29 is 4.39 Å². The molecule has 1 saturated heterocycles. The van der Waals surface area contributed by atoms with Crippen molar-refractivity contribution in [3.8, 4) is 0 Å². The third kappa shape index (κ3) is 3.50. The van der Waals surface area contributed by atoms with Crippen molar-refractivity contribution in [2.75, 3.05) is 18.0 Å². The Morgan fingerprint density at radius 2 is 2.14 bits per heavy atom. The molecule has 1 atom stereocenters. The Bertz CT molecular complexity index is 1060. The first-order chi connectivity index (χ1) is 13.0. The van der Waals surface area contributed by atoms with Gasteiger partial charge >= 0.3 is 0 Å². The van der Waals surface area contributed by atoms with Crippen molar-refractivity contribution in [3.05, 3.63) is 62.9 Å². The number of nitrogens with zero attached hydrogens (tertiary/aromatic N) is 4. The van der Waals surface area contributed by atoms with Gasteiger partial charge in [-0.05, 0) is 36.6 Å². The zero-order valence-electron chi connectivity index (χ0n) is 15.4. The summed E-state index contributed by atoms with van der Waals surface area (Å²) in [6.07, 6.45) is 5.76. The average Bonchev–Trinajstić information content (AvgIpc) is 3.26. The summed E-state index contributed by atoms with van der Waals surface area (Å²) in [6, 6.07) is 4.45. The van der Waals surface area contributed by atoms with E-state index < -0.39 is 0 Å². The van der Waals surface area contributed by atoms with Gasteiger partial charge in [-0.25, -0.2) is 8.91 Å². The topological polar surface area (TPSA) is 68.6 Å². The Labute approximate surface area is 173 Å². The largest absolute Gasteiger partial charge is 0.351 e. The standard InChI is InChI=1S/C19H21ClFN5O.ClH/c1-24-7-8-26-17(19(24)27)15(10-12-9-13(21)4-5-16(12)20)18(23-26)25-6-2-3-14(25)11-22;/h4-5,7-9,14H,2-3,6,10-11,22H2,1H3;1H. The predicted molar refractivity (Wildman–Crippen MR) is 111 cm³/mol. The summed E-state index contributed by atoms with van der Waals surface area (Å²) in [6.45, 7) is 1.35. The maximum Gasteiger partial charge on any atom is 0.276 e. The van der Waals surface area contributed by atoms with Gasteiger partial charge in [-0.2, -0.15) is 0 Å². The molecule has 9 heteroatoms. The van der Waals surface area contributed by atoms with Gasteiger partial charge in [-0.15, -0.1) is 17.5 Å². The minimum absolute atomic E-state index is 0. The number of nitrogens with two attached hydrogens (primary N) is 1.